The van der Waals surface area contributed by atoms with Crippen LogP contribution >= 0.6 is 0 Å². The first-order valence-corrected chi connectivity index (χ1v) is 8.64. The van der Waals surface area contributed by atoms with Crippen molar-refractivity contribution >= 4 is 5.97 Å². The van der Waals surface area contributed by atoms with Crippen molar-refractivity contribution in [3.63, 3.8) is 0 Å². The Hall–Kier alpha value is -2.09. The lowest BCUT2D eigenvalue weighted by Crippen LogP contribution is -2.20. The average Bonchev–Trinajstić information content (AvgIpc) is 2.53. The zero-order valence-electron chi connectivity index (χ0n) is 15.4. The Bertz CT molecular complexity index is 649. The van der Waals surface area contributed by atoms with Gasteiger partial charge in [-0.3, -0.25) is 0 Å². The number of carbonyl (C=O) groups is 1. The normalized spacial score (nSPS) is 12.9. The fourth-order valence-corrected chi connectivity index (χ4v) is 2.97. The van der Waals surface area contributed by atoms with E-state index in [1.165, 1.54) is 5.56 Å². The second-order valence-electron chi connectivity index (χ2n) is 7.87. The van der Waals surface area contributed by atoms with Gasteiger partial charge in [0.05, 0.1) is 5.56 Å². The molecule has 0 fully saturated rings. The fraction of sp³-hybridized carbons (Fsp3) is 0.409. The first-order chi connectivity index (χ1) is 11.3. The molecule has 2 rings (SSSR count). The lowest BCUT2D eigenvalue weighted by atomic mass is 9.72. The van der Waals surface area contributed by atoms with Crippen molar-refractivity contribution in [2.24, 2.45) is 11.3 Å². The Morgan fingerprint density at radius 3 is 2.04 bits per heavy atom. The van der Waals surface area contributed by atoms with Crippen LogP contribution in [0.3, 0.4) is 0 Å². The smallest absolute Gasteiger partial charge is 0.343 e. The van der Waals surface area contributed by atoms with Crippen LogP contribution in [0.15, 0.2) is 54.6 Å². The minimum atomic E-state index is -0.321. The summed E-state index contributed by atoms with van der Waals surface area (Å²) in [5.74, 6) is 1.39. The van der Waals surface area contributed by atoms with E-state index in [2.05, 4.69) is 46.8 Å². The molecule has 0 aromatic heterocycles. The molecular weight excluding hydrogens is 296 g/mol. The van der Waals surface area contributed by atoms with E-state index in [-0.39, 0.29) is 11.4 Å². The van der Waals surface area contributed by atoms with E-state index >= 15 is 0 Å². The summed E-state index contributed by atoms with van der Waals surface area (Å²) in [4.78, 5) is 12.1. The van der Waals surface area contributed by atoms with Crippen LogP contribution in [0.2, 0.25) is 0 Å². The van der Waals surface area contributed by atoms with Gasteiger partial charge in [-0.1, -0.05) is 65.0 Å². The third kappa shape index (κ3) is 4.95. The van der Waals surface area contributed by atoms with E-state index < -0.39 is 0 Å². The van der Waals surface area contributed by atoms with Crippen molar-refractivity contribution in [3.05, 3.63) is 65.7 Å². The molecule has 1 unspecified atom stereocenters. The molecular formula is C22H28O2. The van der Waals surface area contributed by atoms with E-state index in [9.17, 15) is 4.79 Å². The van der Waals surface area contributed by atoms with Gasteiger partial charge in [0.2, 0.25) is 0 Å². The monoisotopic (exact) mass is 324 g/mol. The highest BCUT2D eigenvalue weighted by Crippen LogP contribution is 2.40. The molecule has 24 heavy (non-hydrogen) atoms. The standard InChI is InChI=1S/C22H28O2/c1-16(2)15-20(22(3,4)5)17-11-13-19(14-12-17)24-21(23)18-9-7-6-8-10-18/h6-14,16,20H,15H2,1-5H3. The number of benzene rings is 2. The van der Waals surface area contributed by atoms with Gasteiger partial charge in [-0.2, -0.15) is 0 Å². The maximum Gasteiger partial charge on any atom is 0.343 e. The fourth-order valence-electron chi connectivity index (χ4n) is 2.97. The Morgan fingerprint density at radius 1 is 0.958 bits per heavy atom. The van der Waals surface area contributed by atoms with Crippen LogP contribution < -0.4 is 4.74 Å². The summed E-state index contributed by atoms with van der Waals surface area (Å²) < 4.78 is 5.46. The van der Waals surface area contributed by atoms with Gasteiger partial charge in [0.15, 0.2) is 0 Å². The van der Waals surface area contributed by atoms with Crippen LogP contribution in [-0.2, 0) is 0 Å². The molecule has 0 bridgehead atoms. The van der Waals surface area contributed by atoms with Crippen molar-refractivity contribution in [2.75, 3.05) is 0 Å². The predicted octanol–water partition coefficient (Wildman–Crippen LogP) is 6.08. The highest BCUT2D eigenvalue weighted by molar-refractivity contribution is 5.90. The van der Waals surface area contributed by atoms with E-state index in [4.69, 9.17) is 4.74 Å². The van der Waals surface area contributed by atoms with Crippen LogP contribution in [0.25, 0.3) is 0 Å². The van der Waals surface area contributed by atoms with Crippen molar-refractivity contribution in [2.45, 2.75) is 47.0 Å². The second kappa shape index (κ2) is 7.65. The van der Waals surface area contributed by atoms with Crippen LogP contribution in [-0.4, -0.2) is 5.97 Å². The van der Waals surface area contributed by atoms with Gasteiger partial charge in [-0.25, -0.2) is 4.79 Å². The summed E-state index contributed by atoms with van der Waals surface area (Å²) in [6, 6.07) is 17.0. The van der Waals surface area contributed by atoms with Gasteiger partial charge >= 0.3 is 5.97 Å². The summed E-state index contributed by atoms with van der Waals surface area (Å²) in [6.07, 6.45) is 1.15. The molecule has 1 atom stereocenters. The third-order valence-corrected chi connectivity index (χ3v) is 4.26. The summed E-state index contributed by atoms with van der Waals surface area (Å²) in [5.41, 5.74) is 2.07. The molecule has 2 aromatic carbocycles. The van der Waals surface area contributed by atoms with Gasteiger partial charge < -0.3 is 4.74 Å². The number of ether oxygens (including phenoxy) is 1. The first kappa shape index (κ1) is 18.3. The Labute approximate surface area is 145 Å². The molecule has 0 amide bonds. The van der Waals surface area contributed by atoms with Crippen LogP contribution in [0, 0.1) is 11.3 Å². The molecule has 0 aliphatic heterocycles. The quantitative estimate of drug-likeness (QED) is 0.492. The molecule has 128 valence electrons. The topological polar surface area (TPSA) is 26.3 Å². The second-order valence-corrected chi connectivity index (χ2v) is 7.87. The van der Waals surface area contributed by atoms with Gasteiger partial charge in [0, 0.05) is 0 Å². The maximum atomic E-state index is 12.1. The Kier molecular flexibility index (Phi) is 5.82. The van der Waals surface area contributed by atoms with E-state index in [1.807, 2.05) is 30.3 Å². The molecule has 0 spiro atoms. The zero-order chi connectivity index (χ0) is 17.7. The number of hydrogen-bond acceptors (Lipinski definition) is 2. The zero-order valence-corrected chi connectivity index (χ0v) is 15.4. The van der Waals surface area contributed by atoms with Gasteiger partial charge in [-0.05, 0) is 53.5 Å². The number of rotatable bonds is 5. The highest BCUT2D eigenvalue weighted by Gasteiger charge is 2.26. The Morgan fingerprint density at radius 2 is 1.54 bits per heavy atom. The molecule has 0 aliphatic carbocycles. The van der Waals surface area contributed by atoms with Gasteiger partial charge in [0.25, 0.3) is 0 Å². The van der Waals surface area contributed by atoms with Gasteiger partial charge in [0.1, 0.15) is 5.75 Å². The number of carbonyl (C=O) groups excluding carboxylic acids is 1. The molecule has 0 heterocycles. The molecule has 0 aliphatic rings. The maximum absolute atomic E-state index is 12.1. The average molecular weight is 324 g/mol. The molecule has 0 N–H and O–H groups in total. The largest absolute Gasteiger partial charge is 0.423 e. The number of hydrogen-bond donors (Lipinski definition) is 0. The Balaban J connectivity index is 2.13. The van der Waals surface area contributed by atoms with E-state index in [0.717, 1.165) is 6.42 Å². The molecule has 0 radical (unpaired) electrons. The van der Waals surface area contributed by atoms with Crippen molar-refractivity contribution in [3.8, 4) is 5.75 Å². The summed E-state index contributed by atoms with van der Waals surface area (Å²) in [6.45, 7) is 11.4. The van der Waals surface area contributed by atoms with E-state index in [0.29, 0.717) is 23.1 Å². The molecule has 0 saturated heterocycles. The SMILES string of the molecule is CC(C)CC(c1ccc(OC(=O)c2ccccc2)cc1)C(C)(C)C. The molecule has 2 aromatic rings. The lowest BCUT2D eigenvalue weighted by Gasteiger charge is -2.32. The van der Waals surface area contributed by atoms with Crippen LogP contribution in [0.5, 0.6) is 5.75 Å². The van der Waals surface area contributed by atoms with Crippen molar-refractivity contribution in [1.29, 1.82) is 0 Å². The van der Waals surface area contributed by atoms with Crippen molar-refractivity contribution in [1.82, 2.24) is 0 Å². The highest BCUT2D eigenvalue weighted by atomic mass is 16.5. The first-order valence-electron chi connectivity index (χ1n) is 8.64. The predicted molar refractivity (Wildman–Crippen MR) is 99.5 cm³/mol. The lowest BCUT2D eigenvalue weighted by molar-refractivity contribution is 0.0734. The van der Waals surface area contributed by atoms with E-state index in [1.54, 1.807) is 12.1 Å². The summed E-state index contributed by atoms with van der Waals surface area (Å²) >= 11 is 0. The summed E-state index contributed by atoms with van der Waals surface area (Å²) in [7, 11) is 0. The molecule has 2 nitrogen and oxygen atoms in total. The van der Waals surface area contributed by atoms with Crippen LogP contribution in [0.4, 0.5) is 0 Å². The minimum absolute atomic E-state index is 0.201. The van der Waals surface area contributed by atoms with Crippen molar-refractivity contribution < 1.29 is 9.53 Å². The molecule has 2 heteroatoms. The summed E-state index contributed by atoms with van der Waals surface area (Å²) in [5, 5.41) is 0. The number of esters is 1. The minimum Gasteiger partial charge on any atom is -0.423 e. The molecule has 0 saturated carbocycles. The third-order valence-electron chi connectivity index (χ3n) is 4.26. The van der Waals surface area contributed by atoms with Gasteiger partial charge in [-0.15, -0.1) is 0 Å². The van der Waals surface area contributed by atoms with Crippen LogP contribution in [0.1, 0.15) is 62.9 Å².